The summed E-state index contributed by atoms with van der Waals surface area (Å²) in [4.78, 5) is 36.0. The minimum atomic E-state index is -1.86. The molecule has 24 heteroatoms. The molecule has 5 N–H and O–H groups in total. The van der Waals surface area contributed by atoms with Crippen LogP contribution in [0.3, 0.4) is 0 Å². The normalized spacial score (nSPS) is 40.2. The van der Waals surface area contributed by atoms with E-state index in [-0.39, 0.29) is 38.3 Å². The van der Waals surface area contributed by atoms with E-state index in [1.165, 1.54) is 29.8 Å². The number of cyclic esters (lactones) is 2. The molecule has 442 valence electrons. The van der Waals surface area contributed by atoms with Crippen molar-refractivity contribution in [2.24, 2.45) is 17.8 Å². The molecule has 0 radical (unpaired) electrons. The number of aliphatic hydroxyl groups is 5. The largest absolute Gasteiger partial charge is 0.459 e. The molecule has 1 aromatic carbocycles. The zero-order chi connectivity index (χ0) is 57.2. The molecule has 0 saturated carbocycles. The summed E-state index contributed by atoms with van der Waals surface area (Å²) in [5, 5.41) is 72.9. The third-order valence-electron chi connectivity index (χ3n) is 17.1. The molecule has 0 bridgehead atoms. The van der Waals surface area contributed by atoms with Crippen LogP contribution < -0.4 is 9.80 Å². The molecule has 5 saturated heterocycles. The Hall–Kier alpha value is -3.76. The maximum absolute atomic E-state index is 15.3. The number of aromatic nitrogens is 4. The van der Waals surface area contributed by atoms with E-state index in [1.54, 1.807) is 60.6 Å². The SMILES string of the molecule is CC[C@H]1OC(=O)[C@H](C)[C@@H](O[C@H]2C[C@@](C)(OC)[C@@H](O)[C@H](C)O2)[C@H](C)[C@@H](O[C@@H]2O[C@H](C)C[C@H](N(C)CCc3nnn(C[C@H]4CN(c5ccc(N6CCOCC6)c(F)c5)C(=O)O4)n3)[C@H]2O)[C@](C)(O)CC(C)CN(C)[C@H](C)[C@@H](O)[C@]1(C)O. The first kappa shape index (κ1) is 61.9. The van der Waals surface area contributed by atoms with Crippen LogP contribution in [-0.4, -0.2) is 231 Å². The highest BCUT2D eigenvalue weighted by atomic mass is 19.1. The first-order chi connectivity index (χ1) is 36.7. The lowest BCUT2D eigenvalue weighted by atomic mass is 9.77. The molecule has 7 rings (SSSR count). The van der Waals surface area contributed by atoms with Crippen molar-refractivity contribution < 1.29 is 77.4 Å². The minimum Gasteiger partial charge on any atom is -0.459 e. The van der Waals surface area contributed by atoms with Gasteiger partial charge in [-0.1, -0.05) is 20.8 Å². The fraction of sp³-hybridized carbons (Fsp3) is 0.833. The number of hydrogen-bond acceptors (Lipinski definition) is 21. The summed E-state index contributed by atoms with van der Waals surface area (Å²) in [6.45, 7) is 20.6. The van der Waals surface area contributed by atoms with Gasteiger partial charge in [0.25, 0.3) is 0 Å². The Bertz CT molecular complexity index is 2300. The van der Waals surface area contributed by atoms with Crippen LogP contribution in [0.4, 0.5) is 20.6 Å². The van der Waals surface area contributed by atoms with E-state index in [9.17, 15) is 35.1 Å². The second-order valence-electron chi connectivity index (χ2n) is 23.5. The summed E-state index contributed by atoms with van der Waals surface area (Å²) in [6.07, 6.45) is -10.5. The molecule has 78 heavy (non-hydrogen) atoms. The lowest BCUT2D eigenvalue weighted by Crippen LogP contribution is -2.61. The van der Waals surface area contributed by atoms with E-state index in [1.807, 2.05) is 42.6 Å². The molecule has 0 spiro atoms. The second-order valence-corrected chi connectivity index (χ2v) is 23.5. The van der Waals surface area contributed by atoms with Gasteiger partial charge in [0.2, 0.25) is 0 Å². The van der Waals surface area contributed by atoms with Crippen molar-refractivity contribution in [1.82, 2.24) is 30.0 Å². The van der Waals surface area contributed by atoms with Crippen molar-refractivity contribution in [3.05, 3.63) is 29.8 Å². The molecule has 1 unspecified atom stereocenters. The number of morpholine rings is 1. The topological polar surface area (TPSA) is 266 Å². The molecule has 19 atom stereocenters. The van der Waals surface area contributed by atoms with Crippen molar-refractivity contribution in [3.63, 3.8) is 0 Å². The third kappa shape index (κ3) is 13.9. The number of likely N-dealkylation sites (N-methyl/N-ethyl adjacent to an activating group) is 2. The van der Waals surface area contributed by atoms with Crippen LogP contribution in [-0.2, 0) is 55.7 Å². The molecule has 5 aliphatic rings. The number of esters is 1. The van der Waals surface area contributed by atoms with E-state index in [0.29, 0.717) is 69.4 Å². The number of carbonyl (C=O) groups excluding carboxylic acids is 2. The number of halogens is 1. The van der Waals surface area contributed by atoms with Crippen LogP contribution in [0.2, 0.25) is 0 Å². The van der Waals surface area contributed by atoms with E-state index in [0.717, 1.165) is 0 Å². The predicted molar refractivity (Wildman–Crippen MR) is 282 cm³/mol. The Morgan fingerprint density at radius 2 is 1.64 bits per heavy atom. The number of amides is 1. The quantitative estimate of drug-likeness (QED) is 0.170. The van der Waals surface area contributed by atoms with Crippen molar-refractivity contribution in [1.29, 1.82) is 0 Å². The predicted octanol–water partition coefficient (Wildman–Crippen LogP) is 2.50. The molecule has 5 fully saturated rings. The lowest BCUT2D eigenvalue weighted by Gasteiger charge is -2.49. The fourth-order valence-electron chi connectivity index (χ4n) is 12.3. The number of carbonyl (C=O) groups is 2. The van der Waals surface area contributed by atoms with Crippen molar-refractivity contribution in [2.45, 2.75) is 204 Å². The fourth-order valence-corrected chi connectivity index (χ4v) is 12.3. The molecule has 5 aliphatic heterocycles. The summed E-state index contributed by atoms with van der Waals surface area (Å²) >= 11 is 0. The number of hydrogen-bond donors (Lipinski definition) is 5. The summed E-state index contributed by atoms with van der Waals surface area (Å²) < 4.78 is 64.6. The van der Waals surface area contributed by atoms with Crippen LogP contribution in [0.25, 0.3) is 0 Å². The summed E-state index contributed by atoms with van der Waals surface area (Å²) in [6, 6.07) is 3.59. The Morgan fingerprint density at radius 1 is 0.936 bits per heavy atom. The van der Waals surface area contributed by atoms with Crippen LogP contribution in [0.15, 0.2) is 18.2 Å². The van der Waals surface area contributed by atoms with Gasteiger partial charge in [0.05, 0.1) is 72.7 Å². The zero-order valence-electron chi connectivity index (χ0n) is 47.9. The minimum absolute atomic E-state index is 0.0768. The maximum atomic E-state index is 15.3. The smallest absolute Gasteiger partial charge is 0.414 e. The van der Waals surface area contributed by atoms with Gasteiger partial charge in [0.15, 0.2) is 18.4 Å². The van der Waals surface area contributed by atoms with Gasteiger partial charge in [-0.25, -0.2) is 9.18 Å². The van der Waals surface area contributed by atoms with Crippen LogP contribution >= 0.6 is 0 Å². The van der Waals surface area contributed by atoms with Gasteiger partial charge in [-0.2, -0.15) is 4.80 Å². The highest BCUT2D eigenvalue weighted by molar-refractivity contribution is 5.90. The standard InChI is InChI=1S/C54H89FN8O15/c1-14-41-54(10,70)46(65)34(6)60(12)27-30(2)25-52(8,69)48(32(4)45(33(5)49(67)76-41)77-43-26-53(9,71-13)47(66)35(7)74-43)78-50-44(64)40(23-31(3)73-50)59(11)18-17-42-56-58-63(57-42)29-37-28-62(51(68)75-37)36-15-16-39(38(55)24-36)61-19-21-72-22-20-61/h15-16,24,30-35,37,40-41,43-48,50,64-66,69-70H,14,17-23,25-29H2,1-13H3/t30?,31-,32+,33-,34-,35+,37-,40+,41-,43+,44-,45+,46-,47+,48-,50+,52-,53-,54-/m1/s1. The van der Waals surface area contributed by atoms with Gasteiger partial charge in [-0.15, -0.1) is 10.2 Å². The van der Waals surface area contributed by atoms with E-state index >= 15 is 4.39 Å². The average molecular weight is 1110 g/mol. The van der Waals surface area contributed by atoms with Crippen LogP contribution in [0, 0.1) is 23.6 Å². The lowest BCUT2D eigenvalue weighted by molar-refractivity contribution is -0.318. The highest BCUT2D eigenvalue weighted by Crippen LogP contribution is 2.41. The number of benzene rings is 1. The van der Waals surface area contributed by atoms with Crippen molar-refractivity contribution in [2.75, 3.05) is 76.9 Å². The molecular weight excluding hydrogens is 1020 g/mol. The number of ether oxygens (including phenoxy) is 8. The molecule has 1 amide bonds. The van der Waals surface area contributed by atoms with Gasteiger partial charge in [0, 0.05) is 64.1 Å². The number of nitrogens with zero attached hydrogens (tertiary/aromatic N) is 8. The number of aliphatic hydroxyl groups excluding tert-OH is 3. The van der Waals surface area contributed by atoms with E-state index < -0.39 is 126 Å². The van der Waals surface area contributed by atoms with E-state index in [2.05, 4.69) is 15.4 Å². The molecular formula is C54H89FN8O15. The molecule has 23 nitrogen and oxygen atoms in total. The summed E-state index contributed by atoms with van der Waals surface area (Å²) in [7, 11) is 5.18. The third-order valence-corrected chi connectivity index (χ3v) is 17.1. The van der Waals surface area contributed by atoms with Crippen LogP contribution in [0.1, 0.15) is 101 Å². The Morgan fingerprint density at radius 3 is 2.31 bits per heavy atom. The van der Waals surface area contributed by atoms with Gasteiger partial charge in [-0.3, -0.25) is 9.69 Å². The summed E-state index contributed by atoms with van der Waals surface area (Å²) in [5.74, 6) is -2.93. The van der Waals surface area contributed by atoms with Gasteiger partial charge in [-0.05, 0) is 111 Å². The molecule has 1 aromatic heterocycles. The maximum Gasteiger partial charge on any atom is 0.414 e. The average Bonchev–Trinajstić information content (AvgIpc) is 4.04. The number of anilines is 2. The monoisotopic (exact) mass is 1110 g/mol. The summed E-state index contributed by atoms with van der Waals surface area (Å²) in [5.41, 5.74) is -3.79. The van der Waals surface area contributed by atoms with Crippen molar-refractivity contribution >= 4 is 23.4 Å². The number of rotatable bonds is 14. The molecule has 6 heterocycles. The van der Waals surface area contributed by atoms with Gasteiger partial charge in [0.1, 0.15) is 48.5 Å². The van der Waals surface area contributed by atoms with E-state index in [4.69, 9.17) is 37.9 Å². The molecule has 0 aliphatic carbocycles. The van der Waals surface area contributed by atoms with Gasteiger partial charge >= 0.3 is 12.1 Å². The second kappa shape index (κ2) is 25.6. The first-order valence-corrected chi connectivity index (χ1v) is 27.8. The van der Waals surface area contributed by atoms with Crippen molar-refractivity contribution in [3.8, 4) is 0 Å². The number of methoxy groups -OCH3 is 1. The first-order valence-electron chi connectivity index (χ1n) is 27.8. The Balaban J connectivity index is 1.07. The number of tetrazole rings is 1. The molecule has 2 aromatic rings. The van der Waals surface area contributed by atoms with Gasteiger partial charge < -0.3 is 78.1 Å². The highest BCUT2D eigenvalue weighted by Gasteiger charge is 2.53. The Kier molecular flexibility index (Phi) is 20.3. The van der Waals surface area contributed by atoms with Crippen LogP contribution in [0.5, 0.6) is 0 Å². The zero-order valence-corrected chi connectivity index (χ0v) is 47.9. The Labute approximate surface area is 458 Å².